The Morgan fingerprint density at radius 2 is 1.83 bits per heavy atom. The van der Waals surface area contributed by atoms with Gasteiger partial charge in [-0.3, -0.25) is 9.59 Å². The van der Waals surface area contributed by atoms with Crippen LogP contribution < -0.4 is 4.74 Å². The summed E-state index contributed by atoms with van der Waals surface area (Å²) in [5.41, 5.74) is 0.590. The molecule has 0 aromatic heterocycles. The minimum absolute atomic E-state index is 0.0323. The molecule has 0 saturated heterocycles. The molecule has 2 aromatic rings. The average molecular weight is 312 g/mol. The van der Waals surface area contributed by atoms with Gasteiger partial charge in [-0.05, 0) is 55.5 Å². The summed E-state index contributed by atoms with van der Waals surface area (Å²) in [5, 5.41) is 12.2. The van der Waals surface area contributed by atoms with Crippen LogP contribution in [0.4, 0.5) is 0 Å². The number of aromatic hydroxyl groups is 1. The van der Waals surface area contributed by atoms with Gasteiger partial charge >= 0.3 is 0 Å². The van der Waals surface area contributed by atoms with Crippen molar-refractivity contribution in [1.29, 1.82) is 0 Å². The van der Waals surface area contributed by atoms with Crippen molar-refractivity contribution in [2.45, 2.75) is 33.6 Å². The monoisotopic (exact) mass is 312 g/mol. The molecule has 3 rings (SSSR count). The second-order valence-corrected chi connectivity index (χ2v) is 6.77. The van der Waals surface area contributed by atoms with Gasteiger partial charge in [-0.25, -0.2) is 0 Å². The molecule has 0 aliphatic heterocycles. The fourth-order valence-corrected chi connectivity index (χ4v) is 3.52. The average Bonchev–Trinajstić information content (AvgIpc) is 2.50. The van der Waals surface area contributed by atoms with Gasteiger partial charge < -0.3 is 9.84 Å². The number of carbonyl (C=O) groups is 2. The molecule has 4 heteroatoms. The first kappa shape index (κ1) is 15.5. The second kappa shape index (κ2) is 4.82. The number of hydrogen-bond acceptors (Lipinski definition) is 4. The van der Waals surface area contributed by atoms with Crippen LogP contribution in [0.5, 0.6) is 11.5 Å². The summed E-state index contributed by atoms with van der Waals surface area (Å²) in [6, 6.07) is 5.46. The minimum atomic E-state index is -1.11. The van der Waals surface area contributed by atoms with Crippen molar-refractivity contribution in [3.8, 4) is 11.5 Å². The molecule has 0 spiro atoms. The van der Waals surface area contributed by atoms with E-state index in [2.05, 4.69) is 0 Å². The van der Waals surface area contributed by atoms with Crippen LogP contribution >= 0.6 is 0 Å². The SMILES string of the molecule is COc1cc(C)c2c(O)c3c(cc2c1)[C@@H](C)C(=O)C(C)(C)C3=O. The molecule has 0 unspecified atom stereocenters. The molecule has 0 amide bonds. The van der Waals surface area contributed by atoms with Gasteiger partial charge in [0.2, 0.25) is 0 Å². The van der Waals surface area contributed by atoms with Crippen molar-refractivity contribution >= 4 is 22.3 Å². The highest BCUT2D eigenvalue weighted by Gasteiger charge is 2.46. The highest BCUT2D eigenvalue weighted by molar-refractivity contribution is 6.22. The maximum atomic E-state index is 12.8. The lowest BCUT2D eigenvalue weighted by Gasteiger charge is -2.33. The van der Waals surface area contributed by atoms with E-state index in [0.717, 1.165) is 10.9 Å². The van der Waals surface area contributed by atoms with Crippen LogP contribution in [0, 0.1) is 12.3 Å². The summed E-state index contributed by atoms with van der Waals surface area (Å²) < 4.78 is 5.27. The maximum absolute atomic E-state index is 12.8. The Morgan fingerprint density at radius 1 is 1.17 bits per heavy atom. The first-order valence-corrected chi connectivity index (χ1v) is 7.63. The second-order valence-electron chi connectivity index (χ2n) is 6.77. The van der Waals surface area contributed by atoms with E-state index < -0.39 is 11.3 Å². The van der Waals surface area contributed by atoms with Crippen LogP contribution in [0.15, 0.2) is 18.2 Å². The lowest BCUT2D eigenvalue weighted by molar-refractivity contribution is -0.126. The lowest BCUT2D eigenvalue weighted by Crippen LogP contribution is -2.41. The molecule has 23 heavy (non-hydrogen) atoms. The minimum Gasteiger partial charge on any atom is -0.507 e. The number of phenolic OH excluding ortho intramolecular Hbond substituents is 1. The summed E-state index contributed by atoms with van der Waals surface area (Å²) in [4.78, 5) is 25.3. The van der Waals surface area contributed by atoms with Gasteiger partial charge in [-0.2, -0.15) is 0 Å². The van der Waals surface area contributed by atoms with E-state index in [1.54, 1.807) is 27.9 Å². The number of ether oxygens (including phenoxy) is 1. The van der Waals surface area contributed by atoms with Gasteiger partial charge in [0.15, 0.2) is 11.6 Å². The summed E-state index contributed by atoms with van der Waals surface area (Å²) in [7, 11) is 1.58. The predicted molar refractivity (Wildman–Crippen MR) is 88.4 cm³/mol. The molecule has 2 aromatic carbocycles. The third kappa shape index (κ3) is 1.97. The number of phenols is 1. The smallest absolute Gasteiger partial charge is 0.179 e. The molecular formula is C19H20O4. The molecule has 0 heterocycles. The van der Waals surface area contributed by atoms with Crippen molar-refractivity contribution < 1.29 is 19.4 Å². The number of hydrogen-bond donors (Lipinski definition) is 1. The van der Waals surface area contributed by atoms with Gasteiger partial charge in [-0.15, -0.1) is 0 Å². The van der Waals surface area contributed by atoms with E-state index in [-0.39, 0.29) is 22.9 Å². The Kier molecular flexibility index (Phi) is 3.25. The van der Waals surface area contributed by atoms with Gasteiger partial charge in [0, 0.05) is 11.3 Å². The Hall–Kier alpha value is -2.36. The van der Waals surface area contributed by atoms with Crippen LogP contribution in [0.1, 0.15) is 48.2 Å². The van der Waals surface area contributed by atoms with E-state index >= 15 is 0 Å². The van der Waals surface area contributed by atoms with Crippen LogP contribution in [0.2, 0.25) is 0 Å². The van der Waals surface area contributed by atoms with Crippen molar-refractivity contribution in [3.63, 3.8) is 0 Å². The van der Waals surface area contributed by atoms with Crippen molar-refractivity contribution in [1.82, 2.24) is 0 Å². The van der Waals surface area contributed by atoms with Gasteiger partial charge in [0.05, 0.1) is 18.1 Å². The summed E-state index contributed by atoms with van der Waals surface area (Å²) in [6.07, 6.45) is 0. The number of ketones is 2. The standard InChI is InChI=1S/C19H20O4/c1-9-6-12(23-5)7-11-8-13-10(2)17(21)19(3,4)18(22)15(13)16(20)14(9)11/h6-8,10,20H,1-5H3/t10-/m1/s1. The summed E-state index contributed by atoms with van der Waals surface area (Å²) in [5.74, 6) is -0.219. The quantitative estimate of drug-likeness (QED) is 0.814. The fraction of sp³-hybridized carbons (Fsp3) is 0.368. The molecule has 1 N–H and O–H groups in total. The zero-order valence-electron chi connectivity index (χ0n) is 14.0. The number of aryl methyl sites for hydroxylation is 1. The van der Waals surface area contributed by atoms with Crippen molar-refractivity contribution in [2.75, 3.05) is 7.11 Å². The predicted octanol–water partition coefficient (Wildman–Crippen LogP) is 3.76. The van der Waals surface area contributed by atoms with Gasteiger partial charge in [-0.1, -0.05) is 6.92 Å². The molecule has 0 radical (unpaired) electrons. The first-order valence-electron chi connectivity index (χ1n) is 7.63. The third-order valence-corrected chi connectivity index (χ3v) is 4.92. The van der Waals surface area contributed by atoms with E-state index in [0.29, 0.717) is 16.7 Å². The van der Waals surface area contributed by atoms with E-state index in [4.69, 9.17) is 4.74 Å². The van der Waals surface area contributed by atoms with Crippen LogP contribution in [-0.2, 0) is 4.79 Å². The number of fused-ring (bicyclic) bond motifs is 2. The highest BCUT2D eigenvalue weighted by atomic mass is 16.5. The zero-order valence-corrected chi connectivity index (χ0v) is 14.0. The maximum Gasteiger partial charge on any atom is 0.179 e. The molecular weight excluding hydrogens is 292 g/mol. The molecule has 4 nitrogen and oxygen atoms in total. The highest BCUT2D eigenvalue weighted by Crippen LogP contribution is 2.46. The molecule has 0 bridgehead atoms. The zero-order chi connectivity index (χ0) is 17.1. The van der Waals surface area contributed by atoms with Gasteiger partial charge in [0.1, 0.15) is 11.5 Å². The molecule has 0 saturated carbocycles. The van der Waals surface area contributed by atoms with Crippen LogP contribution in [0.25, 0.3) is 10.8 Å². The number of benzene rings is 2. The number of methoxy groups -OCH3 is 1. The van der Waals surface area contributed by atoms with Gasteiger partial charge in [0.25, 0.3) is 0 Å². The third-order valence-electron chi connectivity index (χ3n) is 4.92. The number of rotatable bonds is 1. The molecule has 1 aliphatic rings. The molecule has 120 valence electrons. The fourth-order valence-electron chi connectivity index (χ4n) is 3.52. The number of carbonyl (C=O) groups excluding carboxylic acids is 2. The van der Waals surface area contributed by atoms with E-state index in [9.17, 15) is 14.7 Å². The van der Waals surface area contributed by atoms with E-state index in [1.165, 1.54) is 0 Å². The summed E-state index contributed by atoms with van der Waals surface area (Å²) in [6.45, 7) is 6.90. The number of Topliss-reactive ketones (excluding diaryl/α,β-unsaturated/α-hetero) is 2. The molecule has 0 fully saturated rings. The molecule has 1 aliphatic carbocycles. The summed E-state index contributed by atoms with van der Waals surface area (Å²) >= 11 is 0. The lowest BCUT2D eigenvalue weighted by atomic mass is 9.67. The Morgan fingerprint density at radius 3 is 2.43 bits per heavy atom. The Balaban J connectivity index is 2.44. The first-order chi connectivity index (χ1) is 10.7. The van der Waals surface area contributed by atoms with Crippen molar-refractivity contribution in [3.05, 3.63) is 34.9 Å². The Labute approximate surface area is 135 Å². The topological polar surface area (TPSA) is 63.6 Å². The van der Waals surface area contributed by atoms with E-state index in [1.807, 2.05) is 25.1 Å². The Bertz CT molecular complexity index is 862. The normalized spacial score (nSPS) is 19.8. The molecule has 1 atom stereocenters. The van der Waals surface area contributed by atoms with Crippen molar-refractivity contribution in [2.24, 2.45) is 5.41 Å². The van der Waals surface area contributed by atoms with Crippen LogP contribution in [0.3, 0.4) is 0 Å². The largest absolute Gasteiger partial charge is 0.507 e. The van der Waals surface area contributed by atoms with Crippen LogP contribution in [-0.4, -0.2) is 23.8 Å².